The van der Waals surface area contributed by atoms with Crippen LogP contribution in [0.4, 0.5) is 0 Å². The van der Waals surface area contributed by atoms with Gasteiger partial charge in [0.15, 0.2) is 0 Å². The van der Waals surface area contributed by atoms with E-state index >= 15 is 0 Å². The van der Waals surface area contributed by atoms with Gasteiger partial charge in [0.25, 0.3) is 0 Å². The summed E-state index contributed by atoms with van der Waals surface area (Å²) < 4.78 is 23.9. The molecule has 1 heterocycles. The Hall–Kier alpha value is -2.88. The van der Waals surface area contributed by atoms with Gasteiger partial charge in [-0.15, -0.1) is 11.3 Å². The molecule has 1 aliphatic carbocycles. The molecule has 2 atom stereocenters. The standard InChI is InChI=1S/C27H33NO7S/c1-5-34-19-11-10-18(27(30)31)24-26(19)36-23(28-24)14-22(35-17-8-6-7-9-17)25(29)16-12-20(32-3)15(2)21(13-16)33-4/h10-13,17,22,25,29H,5-9,14H2,1-4H3,(H,30,31). The van der Waals surface area contributed by atoms with Crippen molar-refractivity contribution in [2.75, 3.05) is 20.8 Å². The first-order valence-electron chi connectivity index (χ1n) is 12.2. The highest BCUT2D eigenvalue weighted by atomic mass is 32.1. The van der Waals surface area contributed by atoms with Crippen LogP contribution in [0.1, 0.15) is 65.2 Å². The second-order valence-corrected chi connectivity index (χ2v) is 10.00. The zero-order chi connectivity index (χ0) is 25.8. The molecule has 3 aromatic rings. The average Bonchev–Trinajstić information content (AvgIpc) is 3.53. The third-order valence-corrected chi connectivity index (χ3v) is 7.69. The minimum absolute atomic E-state index is 0.0573. The van der Waals surface area contributed by atoms with Crippen molar-refractivity contribution in [1.29, 1.82) is 0 Å². The molecule has 4 rings (SSSR count). The number of fused-ring (bicyclic) bond motifs is 1. The molecule has 2 unspecified atom stereocenters. The van der Waals surface area contributed by atoms with Gasteiger partial charge in [0.1, 0.15) is 23.4 Å². The SMILES string of the molecule is CCOc1ccc(C(=O)O)c2nc(CC(OC3CCCC3)C(O)c3cc(OC)c(C)c(OC)c3)sc12. The molecule has 1 saturated carbocycles. The second-order valence-electron chi connectivity index (χ2n) is 8.92. The largest absolute Gasteiger partial charge is 0.496 e. The summed E-state index contributed by atoms with van der Waals surface area (Å²) in [7, 11) is 3.17. The number of aliphatic hydroxyl groups excluding tert-OH is 1. The summed E-state index contributed by atoms with van der Waals surface area (Å²) >= 11 is 1.37. The summed E-state index contributed by atoms with van der Waals surface area (Å²) in [5.74, 6) is 0.798. The first-order valence-corrected chi connectivity index (χ1v) is 13.0. The monoisotopic (exact) mass is 515 g/mol. The number of benzene rings is 2. The highest BCUT2D eigenvalue weighted by Crippen LogP contribution is 2.38. The minimum Gasteiger partial charge on any atom is -0.496 e. The third kappa shape index (κ3) is 5.43. The number of carbonyl (C=O) groups is 1. The number of rotatable bonds is 11. The zero-order valence-corrected chi connectivity index (χ0v) is 21.9. The molecule has 0 saturated heterocycles. The molecule has 0 aliphatic heterocycles. The number of carboxylic acid groups (broad SMARTS) is 1. The van der Waals surface area contributed by atoms with Crippen LogP contribution in [0.25, 0.3) is 10.2 Å². The van der Waals surface area contributed by atoms with Gasteiger partial charge in [-0.05, 0) is 56.5 Å². The number of aromatic nitrogens is 1. The van der Waals surface area contributed by atoms with Crippen molar-refractivity contribution in [2.24, 2.45) is 0 Å². The molecular weight excluding hydrogens is 482 g/mol. The lowest BCUT2D eigenvalue weighted by molar-refractivity contribution is -0.0753. The summed E-state index contributed by atoms with van der Waals surface area (Å²) in [4.78, 5) is 16.5. The molecule has 1 aromatic heterocycles. The van der Waals surface area contributed by atoms with Crippen LogP contribution >= 0.6 is 11.3 Å². The van der Waals surface area contributed by atoms with E-state index in [0.717, 1.165) is 31.2 Å². The number of aliphatic hydroxyl groups is 1. The van der Waals surface area contributed by atoms with Crippen molar-refractivity contribution in [3.63, 3.8) is 0 Å². The van der Waals surface area contributed by atoms with Crippen molar-refractivity contribution in [3.05, 3.63) is 46.0 Å². The molecule has 194 valence electrons. The lowest BCUT2D eigenvalue weighted by Crippen LogP contribution is -2.29. The number of thiazole rings is 1. The summed E-state index contributed by atoms with van der Waals surface area (Å²) in [5, 5.41) is 21.9. The number of ether oxygens (including phenoxy) is 4. The van der Waals surface area contributed by atoms with E-state index in [0.29, 0.717) is 51.1 Å². The average molecular weight is 516 g/mol. The van der Waals surface area contributed by atoms with Gasteiger partial charge in [-0.25, -0.2) is 9.78 Å². The zero-order valence-electron chi connectivity index (χ0n) is 21.1. The minimum atomic E-state index is -1.04. The van der Waals surface area contributed by atoms with Crippen LogP contribution in [0, 0.1) is 6.92 Å². The first-order chi connectivity index (χ1) is 17.4. The fraction of sp³-hybridized carbons (Fsp3) is 0.481. The maximum Gasteiger partial charge on any atom is 0.337 e. The summed E-state index contributed by atoms with van der Waals surface area (Å²) in [6.45, 7) is 4.24. The van der Waals surface area contributed by atoms with Crippen molar-refractivity contribution in [1.82, 2.24) is 4.98 Å². The Balaban J connectivity index is 1.72. The van der Waals surface area contributed by atoms with Crippen molar-refractivity contribution in [3.8, 4) is 17.2 Å². The maximum absolute atomic E-state index is 11.8. The highest BCUT2D eigenvalue weighted by molar-refractivity contribution is 7.19. The van der Waals surface area contributed by atoms with Gasteiger partial charge >= 0.3 is 5.97 Å². The number of methoxy groups -OCH3 is 2. The Morgan fingerprint density at radius 3 is 2.39 bits per heavy atom. The predicted molar refractivity (Wildman–Crippen MR) is 138 cm³/mol. The lowest BCUT2D eigenvalue weighted by Gasteiger charge is -2.27. The molecule has 9 heteroatoms. The summed E-state index contributed by atoms with van der Waals surface area (Å²) in [6, 6.07) is 6.80. The van der Waals surface area contributed by atoms with Crippen molar-refractivity contribution < 1.29 is 34.0 Å². The number of hydrogen-bond acceptors (Lipinski definition) is 8. The van der Waals surface area contributed by atoms with Gasteiger partial charge < -0.3 is 29.2 Å². The third-order valence-electron chi connectivity index (χ3n) is 6.60. The molecule has 1 aliphatic rings. The molecule has 0 radical (unpaired) electrons. The Bertz CT molecular complexity index is 1190. The van der Waals surface area contributed by atoms with E-state index in [1.165, 1.54) is 17.4 Å². The van der Waals surface area contributed by atoms with E-state index in [9.17, 15) is 15.0 Å². The Kier molecular flexibility index (Phi) is 8.33. The van der Waals surface area contributed by atoms with Crippen LogP contribution in [0.5, 0.6) is 17.2 Å². The van der Waals surface area contributed by atoms with Gasteiger partial charge in [-0.3, -0.25) is 0 Å². The van der Waals surface area contributed by atoms with Crippen LogP contribution in [0.2, 0.25) is 0 Å². The molecule has 1 fully saturated rings. The van der Waals surface area contributed by atoms with Crippen molar-refractivity contribution in [2.45, 2.75) is 64.3 Å². The quantitative estimate of drug-likeness (QED) is 0.353. The number of aromatic carboxylic acids is 1. The Morgan fingerprint density at radius 2 is 1.81 bits per heavy atom. The van der Waals surface area contributed by atoms with E-state index in [-0.39, 0.29) is 11.7 Å². The van der Waals surface area contributed by atoms with E-state index in [4.69, 9.17) is 18.9 Å². The predicted octanol–water partition coefficient (Wildman–Crippen LogP) is 5.32. The van der Waals surface area contributed by atoms with Crippen LogP contribution < -0.4 is 14.2 Å². The van der Waals surface area contributed by atoms with Gasteiger partial charge in [-0.1, -0.05) is 12.8 Å². The smallest absolute Gasteiger partial charge is 0.337 e. The molecule has 8 nitrogen and oxygen atoms in total. The Morgan fingerprint density at radius 1 is 1.14 bits per heavy atom. The summed E-state index contributed by atoms with van der Waals surface area (Å²) in [6.07, 6.45) is 2.91. The normalized spacial score (nSPS) is 15.7. The van der Waals surface area contributed by atoms with Gasteiger partial charge in [0.05, 0.1) is 53.8 Å². The van der Waals surface area contributed by atoms with Gasteiger partial charge in [0.2, 0.25) is 0 Å². The van der Waals surface area contributed by atoms with Gasteiger partial charge in [-0.2, -0.15) is 0 Å². The van der Waals surface area contributed by atoms with E-state index in [2.05, 4.69) is 4.98 Å². The molecule has 0 bridgehead atoms. The maximum atomic E-state index is 11.8. The lowest BCUT2D eigenvalue weighted by atomic mass is 9.99. The van der Waals surface area contributed by atoms with E-state index < -0.39 is 18.2 Å². The fourth-order valence-corrected chi connectivity index (χ4v) is 5.83. The van der Waals surface area contributed by atoms with Crippen LogP contribution in [0.15, 0.2) is 24.3 Å². The Labute approximate surface area is 214 Å². The molecular formula is C27H33NO7S. The highest BCUT2D eigenvalue weighted by Gasteiger charge is 2.30. The molecule has 36 heavy (non-hydrogen) atoms. The number of nitrogens with zero attached hydrogens (tertiary/aromatic N) is 1. The van der Waals surface area contributed by atoms with E-state index in [1.54, 1.807) is 20.3 Å². The first kappa shape index (κ1) is 26.2. The molecule has 0 spiro atoms. The van der Waals surface area contributed by atoms with E-state index in [1.807, 2.05) is 26.0 Å². The van der Waals surface area contributed by atoms with Gasteiger partial charge in [0, 0.05) is 12.0 Å². The number of hydrogen-bond donors (Lipinski definition) is 2. The molecule has 0 amide bonds. The molecule has 2 aromatic carbocycles. The fourth-order valence-electron chi connectivity index (χ4n) is 4.73. The van der Waals surface area contributed by atoms with Crippen LogP contribution in [-0.2, 0) is 11.2 Å². The number of carboxylic acids is 1. The van der Waals surface area contributed by atoms with Crippen LogP contribution in [0.3, 0.4) is 0 Å². The van der Waals surface area contributed by atoms with Crippen molar-refractivity contribution >= 4 is 27.5 Å². The summed E-state index contributed by atoms with van der Waals surface area (Å²) in [5.41, 5.74) is 1.98. The topological polar surface area (TPSA) is 107 Å². The van der Waals surface area contributed by atoms with Crippen LogP contribution in [-0.4, -0.2) is 54.2 Å². The second kappa shape index (κ2) is 11.5. The molecule has 2 N–H and O–H groups in total.